The molecule has 3 aromatic rings. The van der Waals surface area contributed by atoms with Crippen molar-refractivity contribution in [1.29, 1.82) is 0 Å². The Labute approximate surface area is 212 Å². The standard InChI is InChI=1S/C28H27F3N2O4/c29-28(30,31)22-14-12-20(13-15-22)23(16-9-18-5-6-18)33-27(36)37-17-19-7-10-21(11-8-19)26(35)32-24-3-1-2-4-25(24)34/h1-4,7-8,10-15,18,23,34H,5-6,9,16-17H2,(H,32,35)(H,33,36)/t23-/m0/s1. The summed E-state index contributed by atoms with van der Waals surface area (Å²) in [6, 6.07) is 17.2. The van der Waals surface area contributed by atoms with E-state index in [1.165, 1.54) is 18.2 Å². The molecule has 6 nitrogen and oxygen atoms in total. The molecule has 1 aliphatic carbocycles. The van der Waals surface area contributed by atoms with Crippen LogP contribution in [0.4, 0.5) is 23.7 Å². The van der Waals surface area contributed by atoms with Crippen LogP contribution in [0, 0.1) is 5.92 Å². The molecule has 0 saturated heterocycles. The Morgan fingerprint density at radius 3 is 2.27 bits per heavy atom. The lowest BCUT2D eigenvalue weighted by Crippen LogP contribution is -2.29. The van der Waals surface area contributed by atoms with Crippen molar-refractivity contribution in [2.75, 3.05) is 5.32 Å². The number of halogens is 3. The number of nitrogens with one attached hydrogen (secondary N) is 2. The first-order valence-electron chi connectivity index (χ1n) is 12.0. The Balaban J connectivity index is 1.32. The van der Waals surface area contributed by atoms with Gasteiger partial charge >= 0.3 is 12.3 Å². The van der Waals surface area contributed by atoms with E-state index in [4.69, 9.17) is 4.74 Å². The maximum absolute atomic E-state index is 12.9. The molecule has 0 radical (unpaired) electrons. The van der Waals surface area contributed by atoms with Crippen LogP contribution in [-0.2, 0) is 17.5 Å². The number of rotatable bonds is 9. The molecule has 3 N–H and O–H groups in total. The summed E-state index contributed by atoms with van der Waals surface area (Å²) < 4.78 is 44.1. The summed E-state index contributed by atoms with van der Waals surface area (Å²) in [7, 11) is 0. The molecule has 0 aromatic heterocycles. The third-order valence-corrected chi connectivity index (χ3v) is 6.23. The fourth-order valence-electron chi connectivity index (χ4n) is 3.89. The highest BCUT2D eigenvalue weighted by Gasteiger charge is 2.31. The van der Waals surface area contributed by atoms with Gasteiger partial charge in [0.05, 0.1) is 17.3 Å². The second kappa shape index (κ2) is 11.4. The van der Waals surface area contributed by atoms with Gasteiger partial charge in [0.2, 0.25) is 0 Å². The van der Waals surface area contributed by atoms with Crippen LogP contribution in [0.1, 0.15) is 58.8 Å². The summed E-state index contributed by atoms with van der Waals surface area (Å²) in [5.41, 5.74) is 1.15. The number of alkyl halides is 3. The maximum Gasteiger partial charge on any atom is 0.416 e. The molecule has 9 heteroatoms. The van der Waals surface area contributed by atoms with E-state index in [0.717, 1.165) is 31.4 Å². The topological polar surface area (TPSA) is 87.7 Å². The van der Waals surface area contributed by atoms with Crippen LogP contribution in [0.15, 0.2) is 72.8 Å². The summed E-state index contributed by atoms with van der Waals surface area (Å²) >= 11 is 0. The monoisotopic (exact) mass is 512 g/mol. The van der Waals surface area contributed by atoms with Crippen LogP contribution in [0.3, 0.4) is 0 Å². The molecular formula is C28H27F3N2O4. The fourth-order valence-corrected chi connectivity index (χ4v) is 3.89. The zero-order valence-electron chi connectivity index (χ0n) is 19.9. The number of hydrogen-bond donors (Lipinski definition) is 3. The minimum atomic E-state index is -4.42. The number of para-hydroxylation sites is 2. The quantitative estimate of drug-likeness (QED) is 0.275. The SMILES string of the molecule is O=C(N[C@@H](CCC1CC1)c1ccc(C(F)(F)F)cc1)OCc1ccc(C(=O)Nc2ccccc2O)cc1. The van der Waals surface area contributed by atoms with Gasteiger partial charge in [-0.3, -0.25) is 4.79 Å². The molecule has 37 heavy (non-hydrogen) atoms. The van der Waals surface area contributed by atoms with Gasteiger partial charge in [0.25, 0.3) is 5.91 Å². The molecule has 1 aliphatic rings. The van der Waals surface area contributed by atoms with E-state index >= 15 is 0 Å². The van der Waals surface area contributed by atoms with Crippen molar-refractivity contribution in [1.82, 2.24) is 5.32 Å². The number of alkyl carbamates (subject to hydrolysis) is 1. The minimum absolute atomic E-state index is 0.0430. The van der Waals surface area contributed by atoms with Crippen molar-refractivity contribution in [3.05, 3.63) is 95.1 Å². The third-order valence-electron chi connectivity index (χ3n) is 6.23. The highest BCUT2D eigenvalue weighted by atomic mass is 19.4. The van der Waals surface area contributed by atoms with Crippen molar-refractivity contribution < 1.29 is 32.6 Å². The highest BCUT2D eigenvalue weighted by molar-refractivity contribution is 6.05. The number of carbonyl (C=O) groups is 2. The van der Waals surface area contributed by atoms with Crippen LogP contribution in [-0.4, -0.2) is 17.1 Å². The van der Waals surface area contributed by atoms with Crippen LogP contribution in [0.2, 0.25) is 0 Å². The normalized spacial score (nSPS) is 14.0. The summed E-state index contributed by atoms with van der Waals surface area (Å²) in [5.74, 6) is 0.150. The Morgan fingerprint density at radius 1 is 0.973 bits per heavy atom. The number of carbonyl (C=O) groups excluding carboxylic acids is 2. The molecule has 0 aliphatic heterocycles. The molecule has 0 bridgehead atoms. The van der Waals surface area contributed by atoms with Gasteiger partial charge in [-0.05, 0) is 66.3 Å². The van der Waals surface area contributed by atoms with Crippen molar-refractivity contribution in [3.63, 3.8) is 0 Å². The zero-order valence-corrected chi connectivity index (χ0v) is 19.9. The van der Waals surface area contributed by atoms with Gasteiger partial charge in [-0.2, -0.15) is 13.2 Å². The molecule has 2 amide bonds. The number of aromatic hydroxyl groups is 1. The number of ether oxygens (including phenoxy) is 1. The van der Waals surface area contributed by atoms with E-state index in [9.17, 15) is 27.9 Å². The number of hydrogen-bond acceptors (Lipinski definition) is 4. The average molecular weight is 513 g/mol. The molecule has 3 aromatic carbocycles. The van der Waals surface area contributed by atoms with Crippen molar-refractivity contribution >= 4 is 17.7 Å². The fraction of sp³-hybridized carbons (Fsp3) is 0.286. The third kappa shape index (κ3) is 7.49. The van der Waals surface area contributed by atoms with E-state index in [2.05, 4.69) is 10.6 Å². The van der Waals surface area contributed by atoms with Gasteiger partial charge < -0.3 is 20.5 Å². The molecule has 0 unspecified atom stereocenters. The second-order valence-corrected chi connectivity index (χ2v) is 9.08. The molecule has 4 rings (SSSR count). The summed E-state index contributed by atoms with van der Waals surface area (Å²) in [6.45, 7) is -0.0461. The van der Waals surface area contributed by atoms with Gasteiger partial charge in [-0.15, -0.1) is 0 Å². The van der Waals surface area contributed by atoms with Crippen LogP contribution in [0.25, 0.3) is 0 Å². The Hall–Kier alpha value is -4.01. The van der Waals surface area contributed by atoms with E-state index in [0.29, 0.717) is 34.7 Å². The predicted octanol–water partition coefficient (Wildman–Crippen LogP) is 6.82. The number of anilines is 1. The number of benzene rings is 3. The second-order valence-electron chi connectivity index (χ2n) is 9.08. The maximum atomic E-state index is 12.9. The van der Waals surface area contributed by atoms with Gasteiger partial charge in [0.1, 0.15) is 12.4 Å². The van der Waals surface area contributed by atoms with Gasteiger partial charge in [0, 0.05) is 5.56 Å². The van der Waals surface area contributed by atoms with E-state index in [-0.39, 0.29) is 12.4 Å². The Morgan fingerprint density at radius 2 is 1.65 bits per heavy atom. The largest absolute Gasteiger partial charge is 0.506 e. The first kappa shape index (κ1) is 26.1. The van der Waals surface area contributed by atoms with Crippen molar-refractivity contribution in [2.24, 2.45) is 5.92 Å². The smallest absolute Gasteiger partial charge is 0.416 e. The first-order valence-corrected chi connectivity index (χ1v) is 12.0. The molecule has 0 heterocycles. The average Bonchev–Trinajstić information content (AvgIpc) is 3.71. The van der Waals surface area contributed by atoms with E-state index in [1.54, 1.807) is 42.5 Å². The van der Waals surface area contributed by atoms with Crippen molar-refractivity contribution in [2.45, 2.75) is 44.5 Å². The number of amides is 2. The highest BCUT2D eigenvalue weighted by Crippen LogP contribution is 2.36. The summed E-state index contributed by atoms with van der Waals surface area (Å²) in [5, 5.41) is 15.2. The molecule has 1 saturated carbocycles. The van der Waals surface area contributed by atoms with Gasteiger partial charge in [-0.25, -0.2) is 4.79 Å². The summed E-state index contributed by atoms with van der Waals surface area (Å²) in [4.78, 5) is 24.9. The number of phenols is 1. The lowest BCUT2D eigenvalue weighted by atomic mass is 9.99. The molecule has 0 spiro atoms. The van der Waals surface area contributed by atoms with E-state index < -0.39 is 29.8 Å². The molecule has 194 valence electrons. The Bertz CT molecular complexity index is 1220. The lowest BCUT2D eigenvalue weighted by molar-refractivity contribution is -0.137. The predicted molar refractivity (Wildman–Crippen MR) is 132 cm³/mol. The summed E-state index contributed by atoms with van der Waals surface area (Å²) in [6.07, 6.45) is -1.37. The van der Waals surface area contributed by atoms with E-state index in [1.807, 2.05) is 0 Å². The lowest BCUT2D eigenvalue weighted by Gasteiger charge is -2.20. The minimum Gasteiger partial charge on any atom is -0.506 e. The van der Waals surface area contributed by atoms with Gasteiger partial charge in [-0.1, -0.05) is 49.2 Å². The molecule has 1 fully saturated rings. The van der Waals surface area contributed by atoms with Crippen LogP contribution >= 0.6 is 0 Å². The number of phenolic OH excluding ortho intramolecular Hbond substituents is 1. The Kier molecular flexibility index (Phi) is 8.01. The van der Waals surface area contributed by atoms with Crippen molar-refractivity contribution in [3.8, 4) is 5.75 Å². The first-order chi connectivity index (χ1) is 17.7. The van der Waals surface area contributed by atoms with Gasteiger partial charge in [0.15, 0.2) is 0 Å². The molecular weight excluding hydrogens is 485 g/mol. The molecule has 1 atom stereocenters. The van der Waals surface area contributed by atoms with Crippen LogP contribution < -0.4 is 10.6 Å². The zero-order chi connectivity index (χ0) is 26.4. The van der Waals surface area contributed by atoms with Crippen LogP contribution in [0.5, 0.6) is 5.75 Å².